The molecule has 0 fully saturated rings. The number of aromatic nitrogens is 3. The van der Waals surface area contributed by atoms with Gasteiger partial charge in [-0.3, -0.25) is 0 Å². The first kappa shape index (κ1) is 23.8. The molecule has 0 amide bonds. The fourth-order valence-corrected chi connectivity index (χ4v) is 9.70. The number of nitrogens with zero attached hydrogens (tertiary/aromatic N) is 3. The highest BCUT2D eigenvalue weighted by Gasteiger charge is 2.51. The first-order chi connectivity index (χ1) is 22.3. The van der Waals surface area contributed by atoms with Gasteiger partial charge in [-0.15, -0.1) is 11.3 Å². The predicted molar refractivity (Wildman–Crippen MR) is 186 cm³/mol. The molecule has 3 heterocycles. The summed E-state index contributed by atoms with van der Waals surface area (Å²) in [5.74, 6) is 0. The lowest BCUT2D eigenvalue weighted by Gasteiger charge is -2.30. The molecular weight excluding hydrogens is 567 g/mol. The zero-order chi connectivity index (χ0) is 29.3. The van der Waals surface area contributed by atoms with Crippen molar-refractivity contribution >= 4 is 53.4 Å². The second-order valence-corrected chi connectivity index (χ2v) is 13.1. The molecule has 4 heteroatoms. The Bertz CT molecular complexity index is 2670. The van der Waals surface area contributed by atoms with Crippen LogP contribution in [0.1, 0.15) is 22.3 Å². The van der Waals surface area contributed by atoms with Crippen molar-refractivity contribution < 1.29 is 0 Å². The molecular formula is C41H23N3S. The number of rotatable bonds is 1. The van der Waals surface area contributed by atoms with Gasteiger partial charge in [-0.05, 0) is 68.8 Å². The molecule has 2 aliphatic rings. The third-order valence-corrected chi connectivity index (χ3v) is 11.3. The lowest BCUT2D eigenvalue weighted by atomic mass is 9.70. The predicted octanol–water partition coefficient (Wildman–Crippen LogP) is 10.3. The van der Waals surface area contributed by atoms with Gasteiger partial charge in [-0.2, -0.15) is 0 Å². The van der Waals surface area contributed by atoms with E-state index in [1.165, 1.54) is 82.1 Å². The summed E-state index contributed by atoms with van der Waals surface area (Å²) in [4.78, 5) is 9.97. The van der Waals surface area contributed by atoms with Crippen LogP contribution in [-0.4, -0.2) is 14.5 Å². The van der Waals surface area contributed by atoms with E-state index in [0.29, 0.717) is 0 Å². The molecule has 0 N–H and O–H groups in total. The average Bonchev–Trinajstić information content (AvgIpc) is 3.81. The van der Waals surface area contributed by atoms with Gasteiger partial charge >= 0.3 is 0 Å². The lowest BCUT2D eigenvalue weighted by molar-refractivity contribution is 0.792. The number of benzene rings is 6. The summed E-state index contributed by atoms with van der Waals surface area (Å²) in [6.07, 6.45) is 3.59. The molecule has 1 spiro atoms. The van der Waals surface area contributed by atoms with Gasteiger partial charge in [-0.1, -0.05) is 103 Å². The van der Waals surface area contributed by atoms with Crippen molar-refractivity contribution in [2.24, 2.45) is 0 Å². The molecule has 2 aliphatic carbocycles. The lowest BCUT2D eigenvalue weighted by Crippen LogP contribution is -2.26. The molecule has 9 aromatic rings. The Hall–Kier alpha value is -5.58. The summed E-state index contributed by atoms with van der Waals surface area (Å²) in [7, 11) is 0. The summed E-state index contributed by atoms with van der Waals surface area (Å²) in [5.41, 5.74) is 14.0. The van der Waals surface area contributed by atoms with Crippen LogP contribution in [0.25, 0.3) is 70.0 Å². The van der Waals surface area contributed by atoms with Crippen molar-refractivity contribution in [3.8, 4) is 27.9 Å². The second kappa shape index (κ2) is 8.32. The van der Waals surface area contributed by atoms with E-state index in [0.717, 1.165) is 10.2 Å². The van der Waals surface area contributed by atoms with Crippen molar-refractivity contribution in [2.75, 3.05) is 0 Å². The molecule has 3 nitrogen and oxygen atoms in total. The van der Waals surface area contributed by atoms with Crippen LogP contribution in [0.2, 0.25) is 0 Å². The third-order valence-electron chi connectivity index (χ3n) is 10.2. The summed E-state index contributed by atoms with van der Waals surface area (Å²) in [6.45, 7) is 0. The molecule has 0 radical (unpaired) electrons. The van der Waals surface area contributed by atoms with Gasteiger partial charge in [0.05, 0.1) is 16.4 Å². The highest BCUT2D eigenvalue weighted by molar-refractivity contribution is 7.26. The molecule has 208 valence electrons. The molecule has 0 saturated heterocycles. The zero-order valence-corrected chi connectivity index (χ0v) is 24.8. The van der Waals surface area contributed by atoms with Crippen molar-refractivity contribution in [3.05, 3.63) is 162 Å². The first-order valence-corrected chi connectivity index (χ1v) is 16.1. The second-order valence-electron chi connectivity index (χ2n) is 12.1. The van der Waals surface area contributed by atoms with Gasteiger partial charge in [0.15, 0.2) is 0 Å². The molecule has 0 aliphatic heterocycles. The molecule has 11 rings (SSSR count). The maximum Gasteiger partial charge on any atom is 0.127 e. The Kier molecular flexibility index (Phi) is 4.40. The van der Waals surface area contributed by atoms with Gasteiger partial charge in [0.1, 0.15) is 11.2 Å². The molecule has 0 atom stereocenters. The van der Waals surface area contributed by atoms with Crippen LogP contribution in [0.15, 0.2) is 140 Å². The fourth-order valence-electron chi connectivity index (χ4n) is 8.53. The van der Waals surface area contributed by atoms with Crippen LogP contribution in [0, 0.1) is 0 Å². The van der Waals surface area contributed by atoms with Crippen LogP contribution < -0.4 is 0 Å². The molecule has 3 aromatic heterocycles. The number of para-hydroxylation sites is 1. The van der Waals surface area contributed by atoms with Crippen molar-refractivity contribution in [1.29, 1.82) is 0 Å². The molecule has 0 saturated carbocycles. The van der Waals surface area contributed by atoms with Crippen LogP contribution in [0.5, 0.6) is 0 Å². The fraction of sp³-hybridized carbons (Fsp3) is 0.0244. The molecule has 0 unspecified atom stereocenters. The highest BCUT2D eigenvalue weighted by atomic mass is 32.1. The van der Waals surface area contributed by atoms with Crippen molar-refractivity contribution in [2.45, 2.75) is 5.41 Å². The highest BCUT2D eigenvalue weighted by Crippen LogP contribution is 2.63. The molecule has 45 heavy (non-hydrogen) atoms. The monoisotopic (exact) mass is 589 g/mol. The van der Waals surface area contributed by atoms with E-state index < -0.39 is 0 Å². The van der Waals surface area contributed by atoms with Crippen LogP contribution in [0.3, 0.4) is 0 Å². The van der Waals surface area contributed by atoms with Gasteiger partial charge in [-0.25, -0.2) is 9.97 Å². The van der Waals surface area contributed by atoms with Crippen molar-refractivity contribution in [1.82, 2.24) is 14.5 Å². The SMILES string of the molecule is c1ccc2c(c1)-c1ccccc1C21c2ccccc2-c2ccc(-n3c4ccccc4c4c5sc6ncncc6c5ccc43)cc21. The van der Waals surface area contributed by atoms with Gasteiger partial charge in [0, 0.05) is 38.1 Å². The van der Waals surface area contributed by atoms with Crippen LogP contribution >= 0.6 is 11.3 Å². The largest absolute Gasteiger partial charge is 0.309 e. The number of hydrogen-bond donors (Lipinski definition) is 0. The van der Waals surface area contributed by atoms with Crippen LogP contribution in [0.4, 0.5) is 0 Å². The topological polar surface area (TPSA) is 30.7 Å². The summed E-state index contributed by atoms with van der Waals surface area (Å²) in [5, 5.41) is 4.87. The maximum absolute atomic E-state index is 4.61. The summed E-state index contributed by atoms with van der Waals surface area (Å²) < 4.78 is 3.73. The first-order valence-electron chi connectivity index (χ1n) is 15.3. The van der Waals surface area contributed by atoms with E-state index in [-0.39, 0.29) is 5.41 Å². The minimum absolute atomic E-state index is 0.370. The van der Waals surface area contributed by atoms with Gasteiger partial charge in [0.2, 0.25) is 0 Å². The Morgan fingerprint density at radius 1 is 0.533 bits per heavy atom. The maximum atomic E-state index is 4.61. The Morgan fingerprint density at radius 3 is 1.91 bits per heavy atom. The average molecular weight is 590 g/mol. The van der Waals surface area contributed by atoms with E-state index >= 15 is 0 Å². The van der Waals surface area contributed by atoms with Crippen molar-refractivity contribution in [3.63, 3.8) is 0 Å². The summed E-state index contributed by atoms with van der Waals surface area (Å²) in [6, 6.07) is 47.5. The van der Waals surface area contributed by atoms with E-state index in [9.17, 15) is 0 Å². The van der Waals surface area contributed by atoms with E-state index in [4.69, 9.17) is 0 Å². The van der Waals surface area contributed by atoms with E-state index in [1.54, 1.807) is 17.7 Å². The number of thiophene rings is 1. The number of hydrogen-bond acceptors (Lipinski definition) is 3. The molecule has 0 bridgehead atoms. The van der Waals surface area contributed by atoms with Gasteiger partial charge < -0.3 is 4.57 Å². The van der Waals surface area contributed by atoms with Gasteiger partial charge in [0.25, 0.3) is 0 Å². The third kappa shape index (κ3) is 2.78. The van der Waals surface area contributed by atoms with Crippen LogP contribution in [-0.2, 0) is 5.41 Å². The minimum Gasteiger partial charge on any atom is -0.309 e. The zero-order valence-electron chi connectivity index (χ0n) is 24.0. The minimum atomic E-state index is -0.370. The van der Waals surface area contributed by atoms with E-state index in [1.807, 2.05) is 6.20 Å². The Labute approximate surface area is 262 Å². The Morgan fingerprint density at radius 2 is 1.18 bits per heavy atom. The van der Waals surface area contributed by atoms with E-state index in [2.05, 4.69) is 142 Å². The smallest absolute Gasteiger partial charge is 0.127 e. The quantitative estimate of drug-likeness (QED) is 0.191. The number of fused-ring (bicyclic) bond motifs is 17. The Balaban J connectivity index is 1.27. The molecule has 6 aromatic carbocycles. The normalized spacial score (nSPS) is 14.0. The standard InChI is InChI=1S/C41H23N3S/c1-5-13-32-25(9-1)26-10-2-6-14-33(26)41(32)34-15-7-3-11-27(34)28-18-17-24(21-35(28)41)44-36-16-8-4-12-30(36)38-37(44)20-19-29-31-22-42-23-43-40(31)45-39(29)38/h1-23H. The summed E-state index contributed by atoms with van der Waals surface area (Å²) >= 11 is 1.76.